The van der Waals surface area contributed by atoms with E-state index in [0.29, 0.717) is 0 Å². The Labute approximate surface area is 305 Å². The number of aromatic amines is 1. The van der Waals surface area contributed by atoms with Crippen molar-refractivity contribution in [3.8, 4) is 22.3 Å². The van der Waals surface area contributed by atoms with Gasteiger partial charge >= 0.3 is 0 Å². The van der Waals surface area contributed by atoms with Crippen molar-refractivity contribution in [2.75, 3.05) is 0 Å². The minimum absolute atomic E-state index is 1.16. The van der Waals surface area contributed by atoms with Gasteiger partial charge in [-0.15, -0.1) is 0 Å². The molecular weight excluding hydrogens is 639 g/mol. The van der Waals surface area contributed by atoms with Crippen LogP contribution in [-0.4, -0.2) is 4.98 Å². The second-order valence-corrected chi connectivity index (χ2v) is 14.4. The first-order valence-electron chi connectivity index (χ1n) is 18.4. The first-order valence-corrected chi connectivity index (χ1v) is 18.4. The molecule has 0 atom stereocenters. The summed E-state index contributed by atoms with van der Waals surface area (Å²) in [4.78, 5) is 3.83. The highest BCUT2D eigenvalue weighted by atomic mass is 14.7. The maximum absolute atomic E-state index is 3.83. The number of rotatable bonds is 2. The van der Waals surface area contributed by atoms with Gasteiger partial charge in [-0.05, 0) is 110 Å². The molecule has 12 aromatic rings. The Bertz CT molecular complexity index is 3420. The van der Waals surface area contributed by atoms with Crippen LogP contribution in [-0.2, 0) is 0 Å². The molecule has 0 saturated carbocycles. The lowest BCUT2D eigenvalue weighted by atomic mass is 9.84. The highest BCUT2D eigenvalue weighted by Crippen LogP contribution is 2.47. The van der Waals surface area contributed by atoms with Crippen molar-refractivity contribution in [1.82, 2.24) is 4.98 Å². The number of aromatic nitrogens is 1. The lowest BCUT2D eigenvalue weighted by Crippen LogP contribution is -1.91. The first kappa shape index (κ1) is 28.7. The second-order valence-electron chi connectivity index (χ2n) is 14.4. The fraction of sp³-hybridized carbons (Fsp3) is 0. The Kier molecular flexibility index (Phi) is 5.84. The van der Waals surface area contributed by atoms with Gasteiger partial charge in [-0.2, -0.15) is 0 Å². The van der Waals surface area contributed by atoms with Crippen LogP contribution in [0.1, 0.15) is 0 Å². The Morgan fingerprint density at radius 1 is 0.245 bits per heavy atom. The Balaban J connectivity index is 1.16. The van der Waals surface area contributed by atoms with Crippen LogP contribution in [0.25, 0.3) is 119 Å². The number of fused-ring (bicyclic) bond motifs is 16. The van der Waals surface area contributed by atoms with Crippen molar-refractivity contribution in [2.45, 2.75) is 0 Å². The lowest BCUT2D eigenvalue weighted by Gasteiger charge is -2.19. The van der Waals surface area contributed by atoms with Gasteiger partial charge in [-0.1, -0.05) is 164 Å². The molecular formula is C52H31N. The number of hydrogen-bond acceptors (Lipinski definition) is 0. The van der Waals surface area contributed by atoms with Crippen molar-refractivity contribution in [1.29, 1.82) is 0 Å². The maximum atomic E-state index is 3.83. The molecule has 1 heteroatoms. The zero-order valence-electron chi connectivity index (χ0n) is 28.8. The minimum Gasteiger partial charge on any atom is -0.354 e. The van der Waals surface area contributed by atoms with E-state index < -0.39 is 0 Å². The third-order valence-corrected chi connectivity index (χ3v) is 11.7. The zero-order chi connectivity index (χ0) is 34.6. The van der Waals surface area contributed by atoms with Crippen molar-refractivity contribution in [2.24, 2.45) is 0 Å². The second kappa shape index (κ2) is 10.8. The number of nitrogens with one attached hydrogen (secondary N) is 1. The van der Waals surface area contributed by atoms with Gasteiger partial charge in [-0.25, -0.2) is 0 Å². The normalized spacial score (nSPS) is 12.2. The molecule has 0 aliphatic heterocycles. The molecule has 0 unspecified atom stereocenters. The molecule has 0 amide bonds. The third-order valence-electron chi connectivity index (χ3n) is 11.7. The van der Waals surface area contributed by atoms with Gasteiger partial charge in [0.2, 0.25) is 0 Å². The summed E-state index contributed by atoms with van der Waals surface area (Å²) >= 11 is 0. The highest BCUT2D eigenvalue weighted by Gasteiger charge is 2.20. The van der Waals surface area contributed by atoms with E-state index in [1.807, 2.05) is 0 Å². The molecule has 0 bridgehead atoms. The van der Waals surface area contributed by atoms with Gasteiger partial charge in [0.1, 0.15) is 0 Å². The van der Waals surface area contributed by atoms with Crippen LogP contribution in [0.4, 0.5) is 0 Å². The Morgan fingerprint density at radius 2 is 0.585 bits per heavy atom. The quantitative estimate of drug-likeness (QED) is 0.139. The van der Waals surface area contributed by atoms with E-state index in [-0.39, 0.29) is 0 Å². The van der Waals surface area contributed by atoms with Gasteiger partial charge in [0.15, 0.2) is 0 Å². The molecule has 244 valence electrons. The van der Waals surface area contributed by atoms with Crippen LogP contribution in [0.15, 0.2) is 182 Å². The SMILES string of the molecule is c1ccc2c(-c3ccc4[nH]c5c6ccccc6c6ccccc6c5c4c3)c3ccccc3c(-c3ccc4c5ccccc5c5ccccc5c4c3)c2c1. The molecule has 1 heterocycles. The zero-order valence-corrected chi connectivity index (χ0v) is 28.8. The summed E-state index contributed by atoms with van der Waals surface area (Å²) in [6.07, 6.45) is 0. The molecule has 12 rings (SSSR count). The summed E-state index contributed by atoms with van der Waals surface area (Å²) in [6.45, 7) is 0. The fourth-order valence-electron chi connectivity index (χ4n) is 9.51. The van der Waals surface area contributed by atoms with Crippen molar-refractivity contribution >= 4 is 97.2 Å². The first-order chi connectivity index (χ1) is 26.3. The molecule has 1 nitrogen and oxygen atoms in total. The van der Waals surface area contributed by atoms with Gasteiger partial charge in [0.25, 0.3) is 0 Å². The number of hydrogen-bond donors (Lipinski definition) is 1. The molecule has 0 radical (unpaired) electrons. The monoisotopic (exact) mass is 669 g/mol. The standard InChI is InChI=1S/C52H31N/c1-2-15-35-33(13-1)34-14-3-4-18-38(34)46-29-31(25-27-39(35)46)49-41-20-8-10-22-43(41)50(44-23-11-9-21-42(44)49)32-26-28-48-47(30-32)51-40-19-7-5-16-36(40)37-17-6-12-24-45(37)52(51)53-48/h1-30,53H. The van der Waals surface area contributed by atoms with E-state index in [1.54, 1.807) is 0 Å². The molecule has 0 aliphatic carbocycles. The van der Waals surface area contributed by atoms with Gasteiger partial charge in [0, 0.05) is 21.7 Å². The predicted octanol–water partition coefficient (Wildman–Crippen LogP) is 14.7. The summed E-state index contributed by atoms with van der Waals surface area (Å²) in [5.41, 5.74) is 7.38. The molecule has 0 saturated heterocycles. The summed E-state index contributed by atoms with van der Waals surface area (Å²) in [5, 5.41) is 20.5. The van der Waals surface area contributed by atoms with E-state index in [1.165, 1.54) is 114 Å². The van der Waals surface area contributed by atoms with E-state index in [2.05, 4.69) is 187 Å². The number of H-pyrrole nitrogens is 1. The van der Waals surface area contributed by atoms with Crippen LogP contribution in [0.5, 0.6) is 0 Å². The van der Waals surface area contributed by atoms with Crippen LogP contribution in [0.3, 0.4) is 0 Å². The Morgan fingerprint density at radius 3 is 1.09 bits per heavy atom. The third kappa shape index (κ3) is 3.97. The van der Waals surface area contributed by atoms with Crippen molar-refractivity contribution < 1.29 is 0 Å². The van der Waals surface area contributed by atoms with Crippen LogP contribution in [0, 0.1) is 0 Å². The molecule has 0 aliphatic rings. The minimum atomic E-state index is 1.16. The van der Waals surface area contributed by atoms with E-state index in [4.69, 9.17) is 0 Å². The Hall–Kier alpha value is -6.96. The predicted molar refractivity (Wildman–Crippen MR) is 229 cm³/mol. The van der Waals surface area contributed by atoms with Crippen LogP contribution < -0.4 is 0 Å². The molecule has 53 heavy (non-hydrogen) atoms. The summed E-state index contributed by atoms with van der Waals surface area (Å²) in [6, 6.07) is 67.5. The maximum Gasteiger partial charge on any atom is 0.0551 e. The fourth-order valence-corrected chi connectivity index (χ4v) is 9.51. The van der Waals surface area contributed by atoms with Crippen molar-refractivity contribution in [3.63, 3.8) is 0 Å². The summed E-state index contributed by atoms with van der Waals surface area (Å²) < 4.78 is 0. The van der Waals surface area contributed by atoms with Crippen LogP contribution >= 0.6 is 0 Å². The lowest BCUT2D eigenvalue weighted by molar-refractivity contribution is 1.56. The average Bonchev–Trinajstić information content (AvgIpc) is 3.62. The molecule has 1 aromatic heterocycles. The molecule has 11 aromatic carbocycles. The molecule has 1 N–H and O–H groups in total. The van der Waals surface area contributed by atoms with E-state index in [0.717, 1.165) is 5.52 Å². The smallest absolute Gasteiger partial charge is 0.0551 e. The van der Waals surface area contributed by atoms with Gasteiger partial charge in [0.05, 0.1) is 5.52 Å². The largest absolute Gasteiger partial charge is 0.354 e. The number of benzene rings is 11. The summed E-state index contributed by atoms with van der Waals surface area (Å²) in [5.74, 6) is 0. The van der Waals surface area contributed by atoms with Crippen molar-refractivity contribution in [3.05, 3.63) is 182 Å². The average molecular weight is 670 g/mol. The van der Waals surface area contributed by atoms with Crippen LogP contribution in [0.2, 0.25) is 0 Å². The van der Waals surface area contributed by atoms with E-state index in [9.17, 15) is 0 Å². The molecule has 0 fully saturated rings. The molecule has 0 spiro atoms. The highest BCUT2D eigenvalue weighted by molar-refractivity contribution is 6.32. The van der Waals surface area contributed by atoms with E-state index >= 15 is 0 Å². The topological polar surface area (TPSA) is 15.8 Å². The summed E-state index contributed by atoms with van der Waals surface area (Å²) in [7, 11) is 0. The van der Waals surface area contributed by atoms with Gasteiger partial charge in [-0.3, -0.25) is 0 Å². The van der Waals surface area contributed by atoms with Gasteiger partial charge < -0.3 is 4.98 Å².